The number of aliphatic hydroxyl groups excluding tert-OH is 1. The Morgan fingerprint density at radius 1 is 1.15 bits per heavy atom. The first-order valence-electron chi connectivity index (χ1n) is 7.48. The van der Waals surface area contributed by atoms with Crippen LogP contribution in [-0.4, -0.2) is 34.7 Å². The van der Waals surface area contributed by atoms with E-state index in [1.165, 1.54) is 18.4 Å². The van der Waals surface area contributed by atoms with Gasteiger partial charge in [0.1, 0.15) is 0 Å². The molecule has 0 aromatic heterocycles. The Hall–Kier alpha value is -1.34. The SMILES string of the molecule is NCC#Cc1ccc(CN2C3CCC2CC(O)C3)cc1. The molecule has 2 heterocycles. The van der Waals surface area contributed by atoms with Gasteiger partial charge in [0.25, 0.3) is 0 Å². The third kappa shape index (κ3) is 2.88. The molecule has 1 aromatic carbocycles. The number of fused-ring (bicyclic) bond motifs is 2. The van der Waals surface area contributed by atoms with Crippen molar-refractivity contribution in [3.8, 4) is 11.8 Å². The smallest absolute Gasteiger partial charge is 0.0570 e. The molecule has 3 rings (SSSR count). The first kappa shape index (κ1) is 13.6. The molecule has 20 heavy (non-hydrogen) atoms. The highest BCUT2D eigenvalue weighted by Gasteiger charge is 2.39. The van der Waals surface area contributed by atoms with Gasteiger partial charge in [0.15, 0.2) is 0 Å². The lowest BCUT2D eigenvalue weighted by Crippen LogP contribution is -2.44. The molecule has 2 aliphatic heterocycles. The zero-order valence-electron chi connectivity index (χ0n) is 11.8. The summed E-state index contributed by atoms with van der Waals surface area (Å²) in [6.07, 6.45) is 4.27. The van der Waals surface area contributed by atoms with Crippen LogP contribution in [0.15, 0.2) is 24.3 Å². The van der Waals surface area contributed by atoms with Gasteiger partial charge in [0, 0.05) is 24.2 Å². The van der Waals surface area contributed by atoms with Gasteiger partial charge in [-0.05, 0) is 43.4 Å². The van der Waals surface area contributed by atoms with Crippen LogP contribution in [0, 0.1) is 11.8 Å². The Balaban J connectivity index is 1.66. The molecule has 0 saturated carbocycles. The largest absolute Gasteiger partial charge is 0.393 e. The van der Waals surface area contributed by atoms with Gasteiger partial charge in [-0.3, -0.25) is 4.90 Å². The summed E-state index contributed by atoms with van der Waals surface area (Å²) in [5, 5.41) is 9.84. The minimum Gasteiger partial charge on any atom is -0.393 e. The molecular formula is C17H22N2O. The molecule has 1 aromatic rings. The molecule has 2 unspecified atom stereocenters. The zero-order chi connectivity index (χ0) is 13.9. The molecule has 3 heteroatoms. The second-order valence-corrected chi connectivity index (χ2v) is 5.89. The van der Waals surface area contributed by atoms with E-state index in [9.17, 15) is 5.11 Å². The predicted octanol–water partition coefficient (Wildman–Crippen LogP) is 1.48. The summed E-state index contributed by atoms with van der Waals surface area (Å²) >= 11 is 0. The van der Waals surface area contributed by atoms with Crippen molar-refractivity contribution in [3.05, 3.63) is 35.4 Å². The van der Waals surface area contributed by atoms with E-state index in [-0.39, 0.29) is 6.10 Å². The van der Waals surface area contributed by atoms with Crippen LogP contribution in [0.4, 0.5) is 0 Å². The van der Waals surface area contributed by atoms with Crippen molar-refractivity contribution in [2.75, 3.05) is 6.54 Å². The van der Waals surface area contributed by atoms with Gasteiger partial charge in [-0.15, -0.1) is 0 Å². The van der Waals surface area contributed by atoms with Gasteiger partial charge in [-0.1, -0.05) is 24.0 Å². The van der Waals surface area contributed by atoms with E-state index < -0.39 is 0 Å². The van der Waals surface area contributed by atoms with Gasteiger partial charge < -0.3 is 10.8 Å². The first-order chi connectivity index (χ1) is 9.76. The highest BCUT2D eigenvalue weighted by Crippen LogP contribution is 2.36. The molecule has 0 aliphatic carbocycles. The van der Waals surface area contributed by atoms with E-state index in [4.69, 9.17) is 5.73 Å². The third-order valence-corrected chi connectivity index (χ3v) is 4.51. The maximum absolute atomic E-state index is 9.84. The number of piperidine rings is 1. The molecule has 2 fully saturated rings. The molecule has 2 bridgehead atoms. The van der Waals surface area contributed by atoms with Crippen LogP contribution in [0.1, 0.15) is 36.8 Å². The third-order valence-electron chi connectivity index (χ3n) is 4.51. The summed E-state index contributed by atoms with van der Waals surface area (Å²) in [5.41, 5.74) is 7.73. The molecule has 0 radical (unpaired) electrons. The summed E-state index contributed by atoms with van der Waals surface area (Å²) in [7, 11) is 0. The molecule has 106 valence electrons. The lowest BCUT2D eigenvalue weighted by atomic mass is 9.99. The maximum Gasteiger partial charge on any atom is 0.0570 e. The summed E-state index contributed by atoms with van der Waals surface area (Å²) < 4.78 is 0. The van der Waals surface area contributed by atoms with Crippen molar-refractivity contribution in [1.29, 1.82) is 0 Å². The van der Waals surface area contributed by atoms with E-state index in [2.05, 4.69) is 41.0 Å². The van der Waals surface area contributed by atoms with Crippen LogP contribution in [0.2, 0.25) is 0 Å². The van der Waals surface area contributed by atoms with Crippen LogP contribution in [-0.2, 0) is 6.54 Å². The van der Waals surface area contributed by atoms with E-state index in [0.717, 1.165) is 24.9 Å². The predicted molar refractivity (Wildman–Crippen MR) is 80.0 cm³/mol. The van der Waals surface area contributed by atoms with E-state index in [1.807, 2.05) is 0 Å². The highest BCUT2D eigenvalue weighted by molar-refractivity contribution is 5.36. The first-order valence-corrected chi connectivity index (χ1v) is 7.48. The van der Waals surface area contributed by atoms with Crippen LogP contribution in [0.5, 0.6) is 0 Å². The van der Waals surface area contributed by atoms with Crippen molar-refractivity contribution in [2.45, 2.75) is 50.4 Å². The minimum absolute atomic E-state index is 0.0855. The Labute approximate surface area is 120 Å². The normalized spacial score (nSPS) is 29.0. The standard InChI is InChI=1S/C17H22N2O/c18-9-1-2-13-3-5-14(6-4-13)12-19-15-7-8-16(19)11-17(20)10-15/h3-6,15-17,20H,7-12,18H2. The van der Waals surface area contributed by atoms with E-state index in [0.29, 0.717) is 18.6 Å². The summed E-state index contributed by atoms with van der Waals surface area (Å²) in [5.74, 6) is 5.92. The fourth-order valence-electron chi connectivity index (χ4n) is 3.56. The minimum atomic E-state index is -0.0855. The van der Waals surface area contributed by atoms with Gasteiger partial charge in [0.05, 0.1) is 12.6 Å². The van der Waals surface area contributed by atoms with E-state index in [1.54, 1.807) is 0 Å². The van der Waals surface area contributed by atoms with Crippen LogP contribution >= 0.6 is 0 Å². The number of benzene rings is 1. The van der Waals surface area contributed by atoms with Crippen molar-refractivity contribution in [3.63, 3.8) is 0 Å². The van der Waals surface area contributed by atoms with Crippen LogP contribution < -0.4 is 5.73 Å². The number of nitrogens with two attached hydrogens (primary N) is 1. The summed E-state index contributed by atoms with van der Waals surface area (Å²) in [6.45, 7) is 1.40. The van der Waals surface area contributed by atoms with Gasteiger partial charge in [-0.25, -0.2) is 0 Å². The number of hydrogen-bond acceptors (Lipinski definition) is 3. The molecule has 3 N–H and O–H groups in total. The van der Waals surface area contributed by atoms with Gasteiger partial charge in [-0.2, -0.15) is 0 Å². The molecule has 2 aliphatic rings. The highest BCUT2D eigenvalue weighted by atomic mass is 16.3. The zero-order valence-corrected chi connectivity index (χ0v) is 11.8. The van der Waals surface area contributed by atoms with Crippen molar-refractivity contribution < 1.29 is 5.11 Å². The Morgan fingerprint density at radius 3 is 2.40 bits per heavy atom. The average molecular weight is 270 g/mol. The van der Waals surface area contributed by atoms with Gasteiger partial charge in [0.2, 0.25) is 0 Å². The lowest BCUT2D eigenvalue weighted by molar-refractivity contribution is 0.0310. The molecule has 3 nitrogen and oxygen atoms in total. The molecule has 2 saturated heterocycles. The van der Waals surface area contributed by atoms with Crippen LogP contribution in [0.3, 0.4) is 0 Å². The number of nitrogens with zero attached hydrogens (tertiary/aromatic N) is 1. The van der Waals surface area contributed by atoms with Crippen LogP contribution in [0.25, 0.3) is 0 Å². The lowest BCUT2D eigenvalue weighted by Gasteiger charge is -2.37. The summed E-state index contributed by atoms with van der Waals surface area (Å²) in [6, 6.07) is 9.59. The van der Waals surface area contributed by atoms with Crippen molar-refractivity contribution in [1.82, 2.24) is 4.90 Å². The molecule has 2 atom stereocenters. The fourth-order valence-corrected chi connectivity index (χ4v) is 3.56. The monoisotopic (exact) mass is 270 g/mol. The number of aliphatic hydroxyl groups is 1. The molecule has 0 spiro atoms. The second kappa shape index (κ2) is 5.97. The van der Waals surface area contributed by atoms with Crippen molar-refractivity contribution >= 4 is 0 Å². The van der Waals surface area contributed by atoms with E-state index >= 15 is 0 Å². The molecular weight excluding hydrogens is 248 g/mol. The number of rotatable bonds is 2. The Kier molecular flexibility index (Phi) is 4.07. The summed E-state index contributed by atoms with van der Waals surface area (Å²) in [4.78, 5) is 2.58. The fraction of sp³-hybridized carbons (Fsp3) is 0.529. The van der Waals surface area contributed by atoms with Gasteiger partial charge >= 0.3 is 0 Å². The Bertz CT molecular complexity index is 500. The second-order valence-electron chi connectivity index (χ2n) is 5.89. The van der Waals surface area contributed by atoms with Crippen molar-refractivity contribution in [2.24, 2.45) is 5.73 Å². The average Bonchev–Trinajstić information content (AvgIpc) is 2.70. The quantitative estimate of drug-likeness (QED) is 0.800. The Morgan fingerprint density at radius 2 is 1.80 bits per heavy atom. The topological polar surface area (TPSA) is 49.5 Å². The maximum atomic E-state index is 9.84. The number of hydrogen-bond donors (Lipinski definition) is 2. The molecule has 0 amide bonds.